The Morgan fingerprint density at radius 1 is 0.952 bits per heavy atom. The van der Waals surface area contributed by atoms with Crippen LogP contribution in [0.4, 0.5) is 0 Å². The monoisotopic (exact) mass is 278 g/mol. The minimum atomic E-state index is 0.646. The normalized spacial score (nSPS) is 30.7. The zero-order chi connectivity index (χ0) is 14.1. The highest BCUT2D eigenvalue weighted by atomic mass is 15.0. The van der Waals surface area contributed by atoms with E-state index >= 15 is 0 Å². The maximum absolute atomic E-state index is 4.09. The average molecular weight is 278 g/mol. The standard InChI is InChI=1S/C19H22N2/c1-2-5-15(6-3-1)18-16-7-4-8-17(16)19(18)21-13-14-9-11-20-12-10-14/h1-3,5-6,9-12,16-19,21H,4,7-8,13H2/t16?,17?,18-,19-/m1/s1. The lowest BCUT2D eigenvalue weighted by Crippen LogP contribution is -2.54. The van der Waals surface area contributed by atoms with Gasteiger partial charge in [-0.2, -0.15) is 0 Å². The Labute approximate surface area is 126 Å². The molecule has 0 spiro atoms. The van der Waals surface area contributed by atoms with Gasteiger partial charge < -0.3 is 5.32 Å². The Kier molecular flexibility index (Phi) is 3.48. The van der Waals surface area contributed by atoms with Gasteiger partial charge in [0.25, 0.3) is 0 Å². The van der Waals surface area contributed by atoms with Gasteiger partial charge in [0.1, 0.15) is 0 Å². The predicted octanol–water partition coefficient (Wildman–Crippen LogP) is 3.75. The van der Waals surface area contributed by atoms with E-state index in [1.165, 1.54) is 30.4 Å². The van der Waals surface area contributed by atoms with Crippen LogP contribution >= 0.6 is 0 Å². The average Bonchev–Trinajstić information content (AvgIpc) is 2.94. The lowest BCUT2D eigenvalue weighted by molar-refractivity contribution is 0.0940. The number of rotatable bonds is 4. The van der Waals surface area contributed by atoms with Crippen molar-refractivity contribution >= 4 is 0 Å². The highest BCUT2D eigenvalue weighted by molar-refractivity contribution is 5.28. The zero-order valence-corrected chi connectivity index (χ0v) is 12.3. The predicted molar refractivity (Wildman–Crippen MR) is 84.9 cm³/mol. The third-order valence-electron chi connectivity index (χ3n) is 5.41. The molecular formula is C19H22N2. The summed E-state index contributed by atoms with van der Waals surface area (Å²) in [5, 5.41) is 3.83. The Bertz CT molecular complexity index is 581. The van der Waals surface area contributed by atoms with Crippen LogP contribution in [0.3, 0.4) is 0 Å². The molecule has 1 N–H and O–H groups in total. The van der Waals surface area contributed by atoms with Gasteiger partial charge in [-0.25, -0.2) is 0 Å². The molecule has 0 amide bonds. The first-order valence-corrected chi connectivity index (χ1v) is 8.11. The fourth-order valence-electron chi connectivity index (χ4n) is 4.44. The summed E-state index contributed by atoms with van der Waals surface area (Å²) in [6.07, 6.45) is 7.99. The molecule has 2 fully saturated rings. The summed E-state index contributed by atoms with van der Waals surface area (Å²) in [4.78, 5) is 4.09. The van der Waals surface area contributed by atoms with Crippen LogP contribution in [0.2, 0.25) is 0 Å². The topological polar surface area (TPSA) is 24.9 Å². The van der Waals surface area contributed by atoms with Crippen LogP contribution in [0.1, 0.15) is 36.3 Å². The molecule has 108 valence electrons. The van der Waals surface area contributed by atoms with Gasteiger partial charge in [-0.1, -0.05) is 36.8 Å². The van der Waals surface area contributed by atoms with Crippen molar-refractivity contribution in [3.63, 3.8) is 0 Å². The van der Waals surface area contributed by atoms with Gasteiger partial charge in [-0.05, 0) is 47.9 Å². The molecular weight excluding hydrogens is 256 g/mol. The molecule has 4 atom stereocenters. The van der Waals surface area contributed by atoms with Crippen molar-refractivity contribution in [2.75, 3.05) is 0 Å². The molecule has 2 unspecified atom stereocenters. The maximum atomic E-state index is 4.09. The second-order valence-corrected chi connectivity index (χ2v) is 6.46. The molecule has 2 saturated carbocycles. The van der Waals surface area contributed by atoms with Crippen molar-refractivity contribution < 1.29 is 0 Å². The highest BCUT2D eigenvalue weighted by Crippen LogP contribution is 2.55. The van der Waals surface area contributed by atoms with Crippen molar-refractivity contribution in [3.8, 4) is 0 Å². The molecule has 0 bridgehead atoms. The van der Waals surface area contributed by atoms with Crippen molar-refractivity contribution in [2.24, 2.45) is 11.8 Å². The minimum absolute atomic E-state index is 0.646. The van der Waals surface area contributed by atoms with E-state index in [1.807, 2.05) is 12.4 Å². The highest BCUT2D eigenvalue weighted by Gasteiger charge is 2.52. The fraction of sp³-hybridized carbons (Fsp3) is 0.421. The van der Waals surface area contributed by atoms with Gasteiger partial charge in [0, 0.05) is 30.9 Å². The van der Waals surface area contributed by atoms with Crippen molar-refractivity contribution in [2.45, 2.75) is 37.8 Å². The SMILES string of the molecule is c1ccc([C@@H]2C3CCCC3[C@H]2NCc2ccncc2)cc1. The van der Waals surface area contributed by atoms with Gasteiger partial charge in [-0.3, -0.25) is 4.98 Å². The Balaban J connectivity index is 1.50. The van der Waals surface area contributed by atoms with Crippen LogP contribution in [0.25, 0.3) is 0 Å². The van der Waals surface area contributed by atoms with Crippen LogP contribution in [-0.4, -0.2) is 11.0 Å². The third kappa shape index (κ3) is 2.38. The van der Waals surface area contributed by atoms with Crippen molar-refractivity contribution in [1.82, 2.24) is 10.3 Å². The quantitative estimate of drug-likeness (QED) is 0.921. The molecule has 4 rings (SSSR count). The molecule has 2 aliphatic rings. The first-order valence-electron chi connectivity index (χ1n) is 8.11. The number of pyridine rings is 1. The first-order chi connectivity index (χ1) is 10.4. The Hall–Kier alpha value is -1.67. The number of fused-ring (bicyclic) bond motifs is 1. The molecule has 21 heavy (non-hydrogen) atoms. The molecule has 2 aromatic rings. The van der Waals surface area contributed by atoms with Crippen LogP contribution < -0.4 is 5.32 Å². The molecule has 2 heteroatoms. The molecule has 1 aromatic carbocycles. The van der Waals surface area contributed by atoms with E-state index < -0.39 is 0 Å². The second kappa shape index (κ2) is 5.61. The Morgan fingerprint density at radius 3 is 2.52 bits per heavy atom. The van der Waals surface area contributed by atoms with Crippen molar-refractivity contribution in [1.29, 1.82) is 0 Å². The van der Waals surface area contributed by atoms with E-state index in [0.29, 0.717) is 12.0 Å². The van der Waals surface area contributed by atoms with E-state index in [9.17, 15) is 0 Å². The van der Waals surface area contributed by atoms with E-state index in [-0.39, 0.29) is 0 Å². The summed E-state index contributed by atoms with van der Waals surface area (Å²) < 4.78 is 0. The lowest BCUT2D eigenvalue weighted by atomic mass is 9.60. The largest absolute Gasteiger partial charge is 0.309 e. The van der Waals surface area contributed by atoms with E-state index in [2.05, 4.69) is 52.8 Å². The molecule has 1 aromatic heterocycles. The number of benzene rings is 1. The number of hydrogen-bond donors (Lipinski definition) is 1. The van der Waals surface area contributed by atoms with Crippen LogP contribution in [-0.2, 0) is 6.54 Å². The number of aromatic nitrogens is 1. The molecule has 0 radical (unpaired) electrons. The van der Waals surface area contributed by atoms with E-state index in [1.54, 1.807) is 0 Å². The minimum Gasteiger partial charge on any atom is -0.309 e. The lowest BCUT2D eigenvalue weighted by Gasteiger charge is -2.50. The number of hydrogen-bond acceptors (Lipinski definition) is 2. The van der Waals surface area contributed by atoms with Gasteiger partial charge in [0.05, 0.1) is 0 Å². The second-order valence-electron chi connectivity index (χ2n) is 6.46. The van der Waals surface area contributed by atoms with Gasteiger partial charge in [0.15, 0.2) is 0 Å². The third-order valence-corrected chi connectivity index (χ3v) is 5.41. The summed E-state index contributed by atoms with van der Waals surface area (Å²) in [6, 6.07) is 15.9. The molecule has 1 heterocycles. The summed E-state index contributed by atoms with van der Waals surface area (Å²) in [5.74, 6) is 2.50. The first kappa shape index (κ1) is 13.0. The fourth-order valence-corrected chi connectivity index (χ4v) is 4.44. The summed E-state index contributed by atoms with van der Waals surface area (Å²) in [6.45, 7) is 0.958. The van der Waals surface area contributed by atoms with Gasteiger partial charge in [0.2, 0.25) is 0 Å². The molecule has 0 saturated heterocycles. The number of nitrogens with one attached hydrogen (secondary N) is 1. The molecule has 0 aliphatic heterocycles. The van der Waals surface area contributed by atoms with Gasteiger partial charge in [-0.15, -0.1) is 0 Å². The van der Waals surface area contributed by atoms with Crippen LogP contribution in [0.15, 0.2) is 54.9 Å². The van der Waals surface area contributed by atoms with Crippen LogP contribution in [0.5, 0.6) is 0 Å². The smallest absolute Gasteiger partial charge is 0.0271 e. The van der Waals surface area contributed by atoms with Crippen LogP contribution in [0, 0.1) is 11.8 Å². The molecule has 2 nitrogen and oxygen atoms in total. The van der Waals surface area contributed by atoms with Gasteiger partial charge >= 0.3 is 0 Å². The number of nitrogens with zero attached hydrogens (tertiary/aromatic N) is 1. The van der Waals surface area contributed by atoms with Crippen molar-refractivity contribution in [3.05, 3.63) is 66.0 Å². The zero-order valence-electron chi connectivity index (χ0n) is 12.3. The Morgan fingerprint density at radius 2 is 1.71 bits per heavy atom. The maximum Gasteiger partial charge on any atom is 0.0271 e. The van der Waals surface area contributed by atoms with E-state index in [4.69, 9.17) is 0 Å². The summed E-state index contributed by atoms with van der Waals surface area (Å²) in [7, 11) is 0. The summed E-state index contributed by atoms with van der Waals surface area (Å²) >= 11 is 0. The molecule has 2 aliphatic carbocycles. The van der Waals surface area contributed by atoms with E-state index in [0.717, 1.165) is 18.4 Å². The summed E-state index contributed by atoms with van der Waals surface area (Å²) in [5.41, 5.74) is 2.85.